The number of nitrogens with zero attached hydrogens (tertiary/aromatic N) is 2. The van der Waals surface area contributed by atoms with Gasteiger partial charge in [0.05, 0.1) is 36.8 Å². The molecular weight excluding hydrogens is 323 g/mol. The van der Waals surface area contributed by atoms with Gasteiger partial charge in [-0.3, -0.25) is 0 Å². The average Bonchev–Trinajstić information content (AvgIpc) is 2.62. The van der Waals surface area contributed by atoms with Crippen molar-refractivity contribution in [3.05, 3.63) is 65.7 Å². The summed E-state index contributed by atoms with van der Waals surface area (Å²) >= 11 is 0. The molecule has 1 heterocycles. The number of benzene rings is 1. The molecule has 0 bridgehead atoms. The monoisotopic (exact) mass is 342 g/mol. The lowest BCUT2D eigenvalue weighted by Crippen LogP contribution is -2.39. The van der Waals surface area contributed by atoms with Gasteiger partial charge in [0.25, 0.3) is 0 Å². The van der Waals surface area contributed by atoms with Crippen molar-refractivity contribution >= 4 is 0 Å². The van der Waals surface area contributed by atoms with Crippen molar-refractivity contribution in [1.29, 1.82) is 0 Å². The molecule has 6 nitrogen and oxygen atoms in total. The fourth-order valence-corrected chi connectivity index (χ4v) is 2.84. The third-order valence-corrected chi connectivity index (χ3v) is 4.14. The zero-order valence-electron chi connectivity index (χ0n) is 14.0. The second-order valence-electron chi connectivity index (χ2n) is 5.75. The molecule has 1 aliphatic rings. The first-order chi connectivity index (χ1) is 12.0. The predicted molar refractivity (Wildman–Crippen MR) is 91.8 cm³/mol. The minimum Gasteiger partial charge on any atom is -0.495 e. The van der Waals surface area contributed by atoms with Crippen molar-refractivity contribution in [3.63, 3.8) is 0 Å². The minimum absolute atomic E-state index is 0.124. The largest absolute Gasteiger partial charge is 0.495 e. The smallest absolute Gasteiger partial charge is 0.165 e. The number of rotatable bonds is 4. The number of allylic oxidation sites excluding steroid dienone is 1. The van der Waals surface area contributed by atoms with Crippen LogP contribution in [0.15, 0.2) is 54.2 Å². The van der Waals surface area contributed by atoms with Gasteiger partial charge in [-0.2, -0.15) is 0 Å². The molecule has 1 atom stereocenters. The summed E-state index contributed by atoms with van der Waals surface area (Å²) in [6.07, 6.45) is 5.26. The summed E-state index contributed by atoms with van der Waals surface area (Å²) in [7, 11) is 2.96. The maximum absolute atomic E-state index is 14.0. The van der Waals surface area contributed by atoms with E-state index in [1.165, 1.54) is 19.5 Å². The van der Waals surface area contributed by atoms with Crippen LogP contribution in [0.3, 0.4) is 0 Å². The van der Waals surface area contributed by atoms with Gasteiger partial charge in [-0.05, 0) is 24.3 Å². The fraction of sp³-hybridized carbons (Fsp3) is 0.222. The predicted octanol–water partition coefficient (Wildman–Crippen LogP) is 2.22. The first kappa shape index (κ1) is 16.9. The molecule has 0 radical (unpaired) electrons. The Hall–Kier alpha value is -2.93. The lowest BCUT2D eigenvalue weighted by atomic mass is 9.86. The van der Waals surface area contributed by atoms with Crippen LogP contribution in [0.4, 0.5) is 4.39 Å². The number of hydrogen-bond acceptors (Lipinski definition) is 6. The summed E-state index contributed by atoms with van der Waals surface area (Å²) in [5, 5.41) is 0. The maximum Gasteiger partial charge on any atom is 0.165 e. The Morgan fingerprint density at radius 1 is 1.20 bits per heavy atom. The van der Waals surface area contributed by atoms with E-state index in [1.54, 1.807) is 37.5 Å². The number of ether oxygens (including phenoxy) is 2. The molecule has 0 spiro atoms. The van der Waals surface area contributed by atoms with Gasteiger partial charge < -0.3 is 20.9 Å². The van der Waals surface area contributed by atoms with E-state index in [4.69, 9.17) is 20.9 Å². The molecule has 0 amide bonds. The molecule has 25 heavy (non-hydrogen) atoms. The highest BCUT2D eigenvalue weighted by Gasteiger charge is 2.31. The van der Waals surface area contributed by atoms with Crippen LogP contribution < -0.4 is 16.2 Å². The molecule has 0 saturated heterocycles. The molecule has 0 aliphatic heterocycles. The lowest BCUT2D eigenvalue weighted by molar-refractivity contribution is 0.292. The van der Waals surface area contributed by atoms with E-state index in [2.05, 4.69) is 9.97 Å². The van der Waals surface area contributed by atoms with Crippen molar-refractivity contribution in [2.75, 3.05) is 14.2 Å². The van der Waals surface area contributed by atoms with Gasteiger partial charge in [0.2, 0.25) is 0 Å². The number of aromatic nitrogens is 2. The molecule has 2 aromatic rings. The van der Waals surface area contributed by atoms with Gasteiger partial charge in [0.15, 0.2) is 11.6 Å². The van der Waals surface area contributed by atoms with E-state index < -0.39 is 11.4 Å². The van der Waals surface area contributed by atoms with Crippen LogP contribution in [0.5, 0.6) is 5.75 Å². The van der Waals surface area contributed by atoms with E-state index in [9.17, 15) is 4.39 Å². The Labute approximate surface area is 145 Å². The van der Waals surface area contributed by atoms with Crippen molar-refractivity contribution in [2.45, 2.75) is 12.0 Å². The molecular formula is C18H19FN4O2. The average molecular weight is 342 g/mol. The summed E-state index contributed by atoms with van der Waals surface area (Å²) in [6, 6.07) is 6.37. The van der Waals surface area contributed by atoms with Gasteiger partial charge in [-0.15, -0.1) is 0 Å². The zero-order valence-corrected chi connectivity index (χ0v) is 14.0. The van der Waals surface area contributed by atoms with Crippen molar-refractivity contribution in [3.8, 4) is 17.0 Å². The molecule has 3 rings (SSSR count). The molecule has 1 aromatic heterocycles. The normalized spacial score (nSPS) is 19.8. The minimum atomic E-state index is -0.898. The van der Waals surface area contributed by atoms with Crippen LogP contribution >= 0.6 is 0 Å². The Morgan fingerprint density at radius 3 is 2.68 bits per heavy atom. The summed E-state index contributed by atoms with van der Waals surface area (Å²) in [6.45, 7) is 0. The van der Waals surface area contributed by atoms with Gasteiger partial charge in [-0.25, -0.2) is 14.4 Å². The topological polar surface area (TPSA) is 96.3 Å². The Morgan fingerprint density at radius 2 is 2.00 bits per heavy atom. The first-order valence-electron chi connectivity index (χ1n) is 7.64. The maximum atomic E-state index is 14.0. The number of nitrogens with two attached hydrogens (primary N) is 2. The number of para-hydroxylation sites is 1. The highest BCUT2D eigenvalue weighted by molar-refractivity contribution is 5.67. The van der Waals surface area contributed by atoms with Crippen LogP contribution in [-0.4, -0.2) is 24.2 Å². The van der Waals surface area contributed by atoms with Crippen molar-refractivity contribution in [2.24, 2.45) is 11.5 Å². The molecule has 1 aliphatic carbocycles. The Bertz CT molecular complexity index is 866. The van der Waals surface area contributed by atoms with E-state index in [-0.39, 0.29) is 5.75 Å². The SMILES string of the molecule is COC1=C(N)CC(N)(c2cc(-c3cccc(F)c3OC)ncn2)C=C1. The number of halogens is 1. The molecule has 4 N–H and O–H groups in total. The van der Waals surface area contributed by atoms with Crippen LogP contribution in [-0.2, 0) is 10.3 Å². The second-order valence-corrected chi connectivity index (χ2v) is 5.75. The molecule has 1 unspecified atom stereocenters. The zero-order chi connectivity index (χ0) is 18.0. The van der Waals surface area contributed by atoms with Crippen LogP contribution in [0, 0.1) is 5.82 Å². The van der Waals surface area contributed by atoms with Crippen molar-refractivity contribution in [1.82, 2.24) is 9.97 Å². The standard InChI is InChI=1S/C18H19FN4O2/c1-24-15-6-7-18(21,9-13(15)20)16-8-14(22-10-23-16)11-4-3-5-12(19)17(11)25-2/h3-8,10H,9,20-21H2,1-2H3. The highest BCUT2D eigenvalue weighted by Crippen LogP contribution is 2.35. The van der Waals surface area contributed by atoms with Crippen LogP contribution in [0.2, 0.25) is 0 Å². The molecule has 0 saturated carbocycles. The second kappa shape index (κ2) is 6.52. The number of hydrogen-bond donors (Lipinski definition) is 2. The van der Waals surface area contributed by atoms with Gasteiger partial charge >= 0.3 is 0 Å². The quantitative estimate of drug-likeness (QED) is 0.884. The van der Waals surface area contributed by atoms with Crippen LogP contribution in [0.1, 0.15) is 12.1 Å². The van der Waals surface area contributed by atoms with Crippen LogP contribution in [0.25, 0.3) is 11.3 Å². The Kier molecular flexibility index (Phi) is 4.41. The van der Waals surface area contributed by atoms with E-state index >= 15 is 0 Å². The summed E-state index contributed by atoms with van der Waals surface area (Å²) in [5.41, 5.74) is 13.8. The third-order valence-electron chi connectivity index (χ3n) is 4.14. The first-order valence-corrected chi connectivity index (χ1v) is 7.64. The lowest BCUT2D eigenvalue weighted by Gasteiger charge is -2.29. The summed E-state index contributed by atoms with van der Waals surface area (Å²) in [5.74, 6) is 0.248. The third kappa shape index (κ3) is 3.06. The molecule has 1 aromatic carbocycles. The number of methoxy groups -OCH3 is 2. The summed E-state index contributed by atoms with van der Waals surface area (Å²) in [4.78, 5) is 8.51. The van der Waals surface area contributed by atoms with E-state index in [0.717, 1.165) is 0 Å². The van der Waals surface area contributed by atoms with Gasteiger partial charge in [-0.1, -0.05) is 12.1 Å². The van der Waals surface area contributed by atoms with E-state index in [1.807, 2.05) is 0 Å². The fourth-order valence-electron chi connectivity index (χ4n) is 2.84. The van der Waals surface area contributed by atoms with Gasteiger partial charge in [0.1, 0.15) is 12.1 Å². The highest BCUT2D eigenvalue weighted by atomic mass is 19.1. The summed E-state index contributed by atoms with van der Waals surface area (Å²) < 4.78 is 24.3. The molecule has 7 heteroatoms. The van der Waals surface area contributed by atoms with E-state index in [0.29, 0.717) is 34.8 Å². The Balaban J connectivity index is 2.03. The van der Waals surface area contributed by atoms with Crippen molar-refractivity contribution < 1.29 is 13.9 Å². The molecule has 0 fully saturated rings. The van der Waals surface area contributed by atoms with Gasteiger partial charge in [0, 0.05) is 12.0 Å². The molecule has 130 valence electrons.